The minimum Gasteiger partial charge on any atom is -0.495 e. The largest absolute Gasteiger partial charge is 0.495 e. The van der Waals surface area contributed by atoms with E-state index >= 15 is 0 Å². The lowest BCUT2D eigenvalue weighted by Gasteiger charge is -2.37. The molecule has 1 unspecified atom stereocenters. The Balaban J connectivity index is 1.19. The molecule has 1 saturated heterocycles. The van der Waals surface area contributed by atoms with E-state index in [4.69, 9.17) is 10.5 Å². The van der Waals surface area contributed by atoms with Gasteiger partial charge in [0.05, 0.1) is 18.5 Å². The van der Waals surface area contributed by atoms with Gasteiger partial charge in [0.2, 0.25) is 0 Å². The molecule has 4 rings (SSSR count). The van der Waals surface area contributed by atoms with Crippen LogP contribution < -0.4 is 15.4 Å². The SMILES string of the molecule is C=CCN(CCCCN1CCN(c2ccccc2OC)CC1)C1CCc2nc(N)sc2C1. The quantitative estimate of drug-likeness (QED) is 0.436. The highest BCUT2D eigenvalue weighted by atomic mass is 32.1. The number of thiazole rings is 1. The van der Waals surface area contributed by atoms with Gasteiger partial charge in [0.25, 0.3) is 0 Å². The number of fused-ring (bicyclic) bond motifs is 1. The number of nitrogens with zero attached hydrogens (tertiary/aromatic N) is 4. The van der Waals surface area contributed by atoms with Crippen molar-refractivity contribution in [2.75, 3.05) is 63.6 Å². The Bertz CT molecular complexity index is 877. The zero-order valence-corrected chi connectivity index (χ0v) is 20.2. The molecule has 1 fully saturated rings. The van der Waals surface area contributed by atoms with E-state index in [0.29, 0.717) is 6.04 Å². The standard InChI is InChI=1S/C25H37N5OS/c1-3-12-29(20-10-11-21-24(19-20)32-25(26)27-21)14-7-6-13-28-15-17-30(18-16-28)22-8-4-5-9-23(22)31-2/h3-5,8-9,20H,1,6-7,10-19H2,2H3,(H2,26,27). The second kappa shape index (κ2) is 11.2. The van der Waals surface area contributed by atoms with Crippen LogP contribution in [-0.2, 0) is 12.8 Å². The van der Waals surface area contributed by atoms with Crippen LogP contribution in [0.2, 0.25) is 0 Å². The molecule has 0 saturated carbocycles. The maximum Gasteiger partial charge on any atom is 0.180 e. The van der Waals surface area contributed by atoms with Gasteiger partial charge in [-0.25, -0.2) is 4.98 Å². The fourth-order valence-corrected chi connectivity index (χ4v) is 5.98. The molecule has 7 heteroatoms. The van der Waals surface area contributed by atoms with Gasteiger partial charge < -0.3 is 15.4 Å². The smallest absolute Gasteiger partial charge is 0.180 e. The number of methoxy groups -OCH3 is 1. The van der Waals surface area contributed by atoms with Crippen LogP contribution in [0.1, 0.15) is 29.8 Å². The molecular weight excluding hydrogens is 418 g/mol. The van der Waals surface area contributed by atoms with E-state index in [-0.39, 0.29) is 0 Å². The van der Waals surface area contributed by atoms with Gasteiger partial charge >= 0.3 is 0 Å². The molecule has 0 radical (unpaired) electrons. The number of para-hydroxylation sites is 2. The molecule has 1 aliphatic carbocycles. The lowest BCUT2D eigenvalue weighted by molar-refractivity contribution is 0.188. The number of aromatic nitrogens is 1. The molecule has 0 bridgehead atoms. The number of piperazine rings is 1. The summed E-state index contributed by atoms with van der Waals surface area (Å²) in [6.45, 7) is 11.6. The lowest BCUT2D eigenvalue weighted by atomic mass is 9.96. The number of anilines is 2. The van der Waals surface area contributed by atoms with Crippen molar-refractivity contribution in [3.63, 3.8) is 0 Å². The third kappa shape index (κ3) is 5.63. The van der Waals surface area contributed by atoms with Crippen LogP contribution in [0.5, 0.6) is 5.75 Å². The Labute approximate surface area is 196 Å². The van der Waals surface area contributed by atoms with Gasteiger partial charge in [0.15, 0.2) is 5.13 Å². The van der Waals surface area contributed by atoms with Crippen LogP contribution in [0.25, 0.3) is 0 Å². The van der Waals surface area contributed by atoms with E-state index < -0.39 is 0 Å². The first-order valence-corrected chi connectivity index (χ1v) is 12.7. The number of benzene rings is 1. The maximum atomic E-state index is 5.93. The second-order valence-corrected chi connectivity index (χ2v) is 9.93. The molecule has 2 aromatic rings. The Morgan fingerprint density at radius 2 is 2.06 bits per heavy atom. The predicted octanol–water partition coefficient (Wildman–Crippen LogP) is 3.68. The van der Waals surface area contributed by atoms with Crippen molar-refractivity contribution in [2.45, 2.75) is 38.1 Å². The number of nitrogens with two attached hydrogens (primary N) is 1. The van der Waals surface area contributed by atoms with Gasteiger partial charge in [0, 0.05) is 43.6 Å². The van der Waals surface area contributed by atoms with Crippen LogP contribution in [0, 0.1) is 0 Å². The van der Waals surface area contributed by atoms with E-state index in [1.54, 1.807) is 18.4 Å². The number of aryl methyl sites for hydroxylation is 1. The molecule has 1 aromatic heterocycles. The van der Waals surface area contributed by atoms with Gasteiger partial charge in [-0.15, -0.1) is 17.9 Å². The monoisotopic (exact) mass is 455 g/mol. The third-order valence-corrected chi connectivity index (χ3v) is 7.73. The van der Waals surface area contributed by atoms with E-state index in [0.717, 1.165) is 63.0 Å². The summed E-state index contributed by atoms with van der Waals surface area (Å²) in [5.74, 6) is 0.971. The van der Waals surface area contributed by atoms with Crippen molar-refractivity contribution >= 4 is 22.2 Å². The minimum absolute atomic E-state index is 0.588. The summed E-state index contributed by atoms with van der Waals surface area (Å²) in [5, 5.41) is 0.719. The Hall–Kier alpha value is -2.09. The summed E-state index contributed by atoms with van der Waals surface area (Å²) in [6, 6.07) is 8.93. The summed E-state index contributed by atoms with van der Waals surface area (Å²) in [5.41, 5.74) is 8.37. The van der Waals surface area contributed by atoms with Crippen LogP contribution in [0.3, 0.4) is 0 Å². The van der Waals surface area contributed by atoms with Gasteiger partial charge in [-0.05, 0) is 57.3 Å². The van der Waals surface area contributed by atoms with E-state index in [1.807, 2.05) is 18.2 Å². The van der Waals surface area contributed by atoms with Gasteiger partial charge in [-0.2, -0.15) is 0 Å². The average Bonchev–Trinajstić information content (AvgIpc) is 3.20. The van der Waals surface area contributed by atoms with Gasteiger partial charge in [-0.1, -0.05) is 18.2 Å². The van der Waals surface area contributed by atoms with E-state index in [9.17, 15) is 0 Å². The van der Waals surface area contributed by atoms with Crippen molar-refractivity contribution in [2.24, 2.45) is 0 Å². The first-order valence-electron chi connectivity index (χ1n) is 11.9. The van der Waals surface area contributed by atoms with Crippen molar-refractivity contribution < 1.29 is 4.74 Å². The zero-order valence-electron chi connectivity index (χ0n) is 19.3. The molecule has 2 heterocycles. The molecule has 174 valence electrons. The molecule has 0 spiro atoms. The summed E-state index contributed by atoms with van der Waals surface area (Å²) in [7, 11) is 1.75. The Morgan fingerprint density at radius 3 is 2.84 bits per heavy atom. The Morgan fingerprint density at radius 1 is 1.25 bits per heavy atom. The van der Waals surface area contributed by atoms with E-state index in [2.05, 4.69) is 38.4 Å². The fraction of sp³-hybridized carbons (Fsp3) is 0.560. The summed E-state index contributed by atoms with van der Waals surface area (Å²) >= 11 is 1.67. The number of unbranched alkanes of at least 4 members (excludes halogenated alkanes) is 1. The lowest BCUT2D eigenvalue weighted by Crippen LogP contribution is -2.46. The topological polar surface area (TPSA) is 57.9 Å². The highest BCUT2D eigenvalue weighted by Crippen LogP contribution is 2.31. The number of hydrogen-bond donors (Lipinski definition) is 1. The molecule has 6 nitrogen and oxygen atoms in total. The second-order valence-electron chi connectivity index (χ2n) is 8.81. The molecule has 2 N–H and O–H groups in total. The van der Waals surface area contributed by atoms with Crippen LogP contribution >= 0.6 is 11.3 Å². The molecule has 32 heavy (non-hydrogen) atoms. The van der Waals surface area contributed by atoms with Crippen molar-refractivity contribution in [1.29, 1.82) is 0 Å². The summed E-state index contributed by atoms with van der Waals surface area (Å²) in [6.07, 6.45) is 7.84. The Kier molecular flexibility index (Phi) is 8.05. The highest BCUT2D eigenvalue weighted by molar-refractivity contribution is 7.15. The average molecular weight is 456 g/mol. The molecule has 1 aliphatic heterocycles. The normalized spacial score (nSPS) is 19.2. The van der Waals surface area contributed by atoms with Crippen LogP contribution in [0.15, 0.2) is 36.9 Å². The predicted molar refractivity (Wildman–Crippen MR) is 135 cm³/mol. The molecule has 0 amide bonds. The summed E-state index contributed by atoms with van der Waals surface area (Å²) < 4.78 is 5.54. The van der Waals surface area contributed by atoms with Crippen LogP contribution in [-0.4, -0.2) is 73.7 Å². The molecule has 1 atom stereocenters. The van der Waals surface area contributed by atoms with Crippen molar-refractivity contribution in [1.82, 2.24) is 14.8 Å². The minimum atomic E-state index is 0.588. The number of rotatable bonds is 10. The number of ether oxygens (including phenoxy) is 1. The first-order chi connectivity index (χ1) is 15.7. The van der Waals surface area contributed by atoms with Crippen molar-refractivity contribution in [3.8, 4) is 5.75 Å². The van der Waals surface area contributed by atoms with Crippen LogP contribution in [0.4, 0.5) is 10.8 Å². The summed E-state index contributed by atoms with van der Waals surface area (Å²) in [4.78, 5) is 13.6. The molecule has 1 aromatic carbocycles. The third-order valence-electron chi connectivity index (χ3n) is 6.78. The molecular formula is C25H37N5OS. The first kappa shape index (κ1) is 23.1. The van der Waals surface area contributed by atoms with Crippen molar-refractivity contribution in [3.05, 3.63) is 47.5 Å². The maximum absolute atomic E-state index is 5.93. The van der Waals surface area contributed by atoms with Gasteiger partial charge in [0.1, 0.15) is 5.75 Å². The molecule has 2 aliphatic rings. The number of hydrogen-bond acceptors (Lipinski definition) is 7. The zero-order chi connectivity index (χ0) is 22.3. The van der Waals surface area contributed by atoms with Gasteiger partial charge in [-0.3, -0.25) is 9.80 Å². The highest BCUT2D eigenvalue weighted by Gasteiger charge is 2.26. The fourth-order valence-electron chi connectivity index (χ4n) is 5.03. The van der Waals surface area contributed by atoms with E-state index in [1.165, 1.54) is 42.1 Å². The number of nitrogen functional groups attached to an aromatic ring is 1.